The minimum Gasteiger partial charge on any atom is -0.384 e. The summed E-state index contributed by atoms with van der Waals surface area (Å²) < 4.78 is 0. The Morgan fingerprint density at radius 3 is 2.82 bits per heavy atom. The van der Waals surface area contributed by atoms with Gasteiger partial charge in [-0.1, -0.05) is 18.2 Å². The van der Waals surface area contributed by atoms with Gasteiger partial charge in [0, 0.05) is 17.6 Å². The van der Waals surface area contributed by atoms with Gasteiger partial charge in [-0.05, 0) is 18.9 Å². The van der Waals surface area contributed by atoms with Crippen LogP contribution in [0.3, 0.4) is 0 Å². The van der Waals surface area contributed by atoms with Crippen LogP contribution < -0.4 is 11.1 Å². The van der Waals surface area contributed by atoms with Crippen LogP contribution in [0.2, 0.25) is 0 Å². The zero-order chi connectivity index (χ0) is 11.8. The first-order chi connectivity index (χ1) is 8.25. The normalized spacial score (nSPS) is 14.8. The van der Waals surface area contributed by atoms with Crippen molar-refractivity contribution >= 4 is 22.4 Å². The van der Waals surface area contributed by atoms with Gasteiger partial charge in [0.15, 0.2) is 0 Å². The minimum absolute atomic E-state index is 0.0615. The Bertz CT molecular complexity index is 587. The number of benzene rings is 1. The van der Waals surface area contributed by atoms with Gasteiger partial charge >= 0.3 is 0 Å². The van der Waals surface area contributed by atoms with Crippen LogP contribution in [0, 0.1) is 5.41 Å². The highest BCUT2D eigenvalue weighted by Crippen LogP contribution is 2.31. The van der Waals surface area contributed by atoms with Gasteiger partial charge in [-0.25, -0.2) is 0 Å². The van der Waals surface area contributed by atoms with Crippen molar-refractivity contribution in [1.29, 1.82) is 5.41 Å². The highest BCUT2D eigenvalue weighted by molar-refractivity contribution is 6.07. The molecule has 0 aliphatic heterocycles. The molecule has 0 atom stereocenters. The van der Waals surface area contributed by atoms with Gasteiger partial charge in [0.05, 0.1) is 16.8 Å². The highest BCUT2D eigenvalue weighted by Gasteiger charge is 2.23. The van der Waals surface area contributed by atoms with Crippen LogP contribution in [0.1, 0.15) is 18.4 Å². The predicted octanol–water partition coefficient (Wildman–Crippen LogP) is 2.09. The monoisotopic (exact) mass is 226 g/mol. The molecule has 0 radical (unpaired) electrons. The van der Waals surface area contributed by atoms with Crippen molar-refractivity contribution < 1.29 is 0 Å². The number of pyridine rings is 1. The first-order valence-electron chi connectivity index (χ1n) is 5.74. The molecule has 86 valence electrons. The molecule has 0 bridgehead atoms. The standard InChI is InChI=1S/C13H14N4/c14-13(15)10-7-16-11-4-2-1-3-9(11)12(10)17-8-5-6-8/h1-4,7-8H,5-6H2,(H3,14,15)(H,16,17). The molecule has 1 fully saturated rings. The average molecular weight is 226 g/mol. The number of anilines is 1. The minimum atomic E-state index is 0.0615. The Morgan fingerprint density at radius 1 is 1.35 bits per heavy atom. The fourth-order valence-corrected chi connectivity index (χ4v) is 1.93. The molecule has 0 unspecified atom stereocenters. The Labute approximate surface area is 99.4 Å². The summed E-state index contributed by atoms with van der Waals surface area (Å²) in [5.74, 6) is 0.0615. The maximum absolute atomic E-state index is 7.61. The number of rotatable bonds is 3. The Kier molecular flexibility index (Phi) is 2.21. The summed E-state index contributed by atoms with van der Waals surface area (Å²) in [4.78, 5) is 4.33. The molecule has 1 aromatic carbocycles. The molecular weight excluding hydrogens is 212 g/mol. The summed E-state index contributed by atoms with van der Waals surface area (Å²) in [5.41, 5.74) is 8.18. The summed E-state index contributed by atoms with van der Waals surface area (Å²) in [7, 11) is 0. The summed E-state index contributed by atoms with van der Waals surface area (Å²) in [6, 6.07) is 8.45. The lowest BCUT2D eigenvalue weighted by Gasteiger charge is -2.13. The fourth-order valence-electron chi connectivity index (χ4n) is 1.93. The number of hydrogen-bond donors (Lipinski definition) is 3. The third-order valence-corrected chi connectivity index (χ3v) is 2.99. The molecule has 3 rings (SSSR count). The van der Waals surface area contributed by atoms with Crippen LogP contribution in [0.4, 0.5) is 5.69 Å². The highest BCUT2D eigenvalue weighted by atomic mass is 15.0. The zero-order valence-electron chi connectivity index (χ0n) is 9.40. The number of nitrogens with one attached hydrogen (secondary N) is 2. The molecule has 4 nitrogen and oxygen atoms in total. The number of nitrogen functional groups attached to an aromatic ring is 1. The molecule has 1 heterocycles. The molecule has 2 aromatic rings. The summed E-state index contributed by atoms with van der Waals surface area (Å²) in [5, 5.41) is 12.1. The van der Waals surface area contributed by atoms with E-state index >= 15 is 0 Å². The van der Waals surface area contributed by atoms with Gasteiger partial charge in [0.25, 0.3) is 0 Å². The van der Waals surface area contributed by atoms with E-state index in [2.05, 4.69) is 10.3 Å². The van der Waals surface area contributed by atoms with E-state index in [1.165, 1.54) is 12.8 Å². The van der Waals surface area contributed by atoms with Crippen LogP contribution in [0.5, 0.6) is 0 Å². The third kappa shape index (κ3) is 1.82. The second-order valence-electron chi connectivity index (χ2n) is 4.40. The van der Waals surface area contributed by atoms with Gasteiger partial charge in [-0.15, -0.1) is 0 Å². The third-order valence-electron chi connectivity index (χ3n) is 2.99. The van der Waals surface area contributed by atoms with Crippen molar-refractivity contribution in [3.05, 3.63) is 36.0 Å². The lowest BCUT2D eigenvalue weighted by Crippen LogP contribution is -2.16. The van der Waals surface area contributed by atoms with Crippen molar-refractivity contribution in [2.75, 3.05) is 5.32 Å². The number of aromatic nitrogens is 1. The first-order valence-corrected chi connectivity index (χ1v) is 5.74. The molecule has 1 aliphatic rings. The molecule has 1 aromatic heterocycles. The van der Waals surface area contributed by atoms with Crippen molar-refractivity contribution in [1.82, 2.24) is 4.98 Å². The zero-order valence-corrected chi connectivity index (χ0v) is 9.40. The number of para-hydroxylation sites is 1. The van der Waals surface area contributed by atoms with E-state index in [1.54, 1.807) is 6.20 Å². The van der Waals surface area contributed by atoms with Crippen molar-refractivity contribution in [2.45, 2.75) is 18.9 Å². The summed E-state index contributed by atoms with van der Waals surface area (Å²) >= 11 is 0. The maximum atomic E-state index is 7.61. The summed E-state index contributed by atoms with van der Waals surface area (Å²) in [6.07, 6.45) is 4.05. The lowest BCUT2D eigenvalue weighted by atomic mass is 10.1. The van der Waals surface area contributed by atoms with E-state index in [1.807, 2.05) is 24.3 Å². The molecular formula is C13H14N4. The Morgan fingerprint density at radius 2 is 2.12 bits per heavy atom. The van der Waals surface area contributed by atoms with Gasteiger partial charge in [0.2, 0.25) is 0 Å². The first kappa shape index (κ1) is 10.1. The average Bonchev–Trinajstić information content (AvgIpc) is 3.13. The maximum Gasteiger partial charge on any atom is 0.126 e. The van der Waals surface area contributed by atoms with Crippen LogP contribution >= 0.6 is 0 Å². The number of amidine groups is 1. The Hall–Kier alpha value is -2.10. The lowest BCUT2D eigenvalue weighted by molar-refractivity contribution is 1.15. The largest absolute Gasteiger partial charge is 0.384 e. The van der Waals surface area contributed by atoms with Crippen molar-refractivity contribution in [3.63, 3.8) is 0 Å². The van der Waals surface area contributed by atoms with Crippen LogP contribution in [0.25, 0.3) is 10.9 Å². The van der Waals surface area contributed by atoms with Gasteiger partial charge in [0.1, 0.15) is 5.84 Å². The van der Waals surface area contributed by atoms with E-state index in [0.29, 0.717) is 11.6 Å². The predicted molar refractivity (Wildman–Crippen MR) is 69.4 cm³/mol. The fraction of sp³-hybridized carbons (Fsp3) is 0.231. The van der Waals surface area contributed by atoms with Crippen LogP contribution in [-0.2, 0) is 0 Å². The van der Waals surface area contributed by atoms with E-state index in [-0.39, 0.29) is 5.84 Å². The number of nitrogens with two attached hydrogens (primary N) is 1. The second kappa shape index (κ2) is 3.73. The second-order valence-corrected chi connectivity index (χ2v) is 4.40. The Balaban J connectivity index is 2.21. The van der Waals surface area contributed by atoms with Crippen molar-refractivity contribution in [2.24, 2.45) is 5.73 Å². The molecule has 0 amide bonds. The molecule has 0 spiro atoms. The molecule has 17 heavy (non-hydrogen) atoms. The van der Waals surface area contributed by atoms with Gasteiger partial charge in [-0.2, -0.15) is 0 Å². The van der Waals surface area contributed by atoms with E-state index in [9.17, 15) is 0 Å². The van der Waals surface area contributed by atoms with E-state index < -0.39 is 0 Å². The smallest absolute Gasteiger partial charge is 0.126 e. The molecule has 1 saturated carbocycles. The number of nitrogens with zero attached hydrogens (tertiary/aromatic N) is 1. The van der Waals surface area contributed by atoms with Crippen LogP contribution in [0.15, 0.2) is 30.5 Å². The SMILES string of the molecule is N=C(N)c1cnc2ccccc2c1NC1CC1. The molecule has 4 N–H and O–H groups in total. The van der Waals surface area contributed by atoms with Gasteiger partial charge < -0.3 is 11.1 Å². The number of hydrogen-bond acceptors (Lipinski definition) is 3. The van der Waals surface area contributed by atoms with Gasteiger partial charge in [-0.3, -0.25) is 10.4 Å². The topological polar surface area (TPSA) is 74.8 Å². The quantitative estimate of drug-likeness (QED) is 0.554. The van der Waals surface area contributed by atoms with Crippen LogP contribution in [-0.4, -0.2) is 16.9 Å². The van der Waals surface area contributed by atoms with Crippen molar-refractivity contribution in [3.8, 4) is 0 Å². The number of fused-ring (bicyclic) bond motifs is 1. The van der Waals surface area contributed by atoms with E-state index in [0.717, 1.165) is 16.6 Å². The molecule has 1 aliphatic carbocycles. The van der Waals surface area contributed by atoms with E-state index in [4.69, 9.17) is 11.1 Å². The molecule has 4 heteroatoms. The molecule has 0 saturated heterocycles. The summed E-state index contributed by atoms with van der Waals surface area (Å²) in [6.45, 7) is 0.